The number of carbonyl (C=O) groups excluding carboxylic acids is 1. The van der Waals surface area contributed by atoms with Crippen molar-refractivity contribution in [3.8, 4) is 5.75 Å². The number of halogens is 1. The number of aromatic hydroxyl groups is 1. The van der Waals surface area contributed by atoms with Gasteiger partial charge in [-0.3, -0.25) is 4.79 Å². The standard InChI is InChI=1S/C15H17FN2O2S/c1-18(2)8-11-5-10(3-4-13(11)16)7-17-15(20)14-6-12(19)9-21-14/h3-6,9,19H,7-8H2,1-2H3,(H,17,20). The minimum Gasteiger partial charge on any atom is -0.507 e. The predicted octanol–water partition coefficient (Wildman–Crippen LogP) is 2.58. The van der Waals surface area contributed by atoms with Gasteiger partial charge in [-0.15, -0.1) is 11.3 Å². The number of carbonyl (C=O) groups is 1. The average molecular weight is 308 g/mol. The summed E-state index contributed by atoms with van der Waals surface area (Å²) >= 11 is 1.18. The summed E-state index contributed by atoms with van der Waals surface area (Å²) in [5.41, 5.74) is 1.43. The summed E-state index contributed by atoms with van der Waals surface area (Å²) < 4.78 is 13.7. The lowest BCUT2D eigenvalue weighted by atomic mass is 10.1. The van der Waals surface area contributed by atoms with E-state index in [1.165, 1.54) is 28.8 Å². The van der Waals surface area contributed by atoms with Crippen LogP contribution in [0.1, 0.15) is 20.8 Å². The van der Waals surface area contributed by atoms with Gasteiger partial charge in [0, 0.05) is 30.1 Å². The van der Waals surface area contributed by atoms with E-state index < -0.39 is 0 Å². The van der Waals surface area contributed by atoms with Crippen molar-refractivity contribution >= 4 is 17.2 Å². The van der Waals surface area contributed by atoms with Crippen molar-refractivity contribution in [3.05, 3.63) is 51.5 Å². The van der Waals surface area contributed by atoms with E-state index >= 15 is 0 Å². The predicted molar refractivity (Wildman–Crippen MR) is 80.9 cm³/mol. The molecule has 6 heteroatoms. The highest BCUT2D eigenvalue weighted by Gasteiger charge is 2.10. The van der Waals surface area contributed by atoms with E-state index in [9.17, 15) is 14.3 Å². The molecule has 1 heterocycles. The molecule has 0 spiro atoms. The summed E-state index contributed by atoms with van der Waals surface area (Å²) in [5.74, 6) is -0.416. The van der Waals surface area contributed by atoms with Crippen molar-refractivity contribution < 1.29 is 14.3 Å². The van der Waals surface area contributed by atoms with Crippen molar-refractivity contribution in [1.82, 2.24) is 10.2 Å². The largest absolute Gasteiger partial charge is 0.507 e. The molecule has 0 aliphatic rings. The maximum Gasteiger partial charge on any atom is 0.261 e. The van der Waals surface area contributed by atoms with Crippen LogP contribution in [0, 0.1) is 5.82 Å². The topological polar surface area (TPSA) is 52.6 Å². The van der Waals surface area contributed by atoms with E-state index in [0.717, 1.165) is 5.56 Å². The lowest BCUT2D eigenvalue weighted by Gasteiger charge is -2.12. The molecule has 0 fully saturated rings. The molecule has 112 valence electrons. The molecular formula is C15H17FN2O2S. The molecule has 2 rings (SSSR count). The zero-order valence-electron chi connectivity index (χ0n) is 11.9. The molecule has 2 N–H and O–H groups in total. The number of benzene rings is 1. The van der Waals surface area contributed by atoms with Crippen LogP contribution in [0.5, 0.6) is 5.75 Å². The third-order valence-electron chi connectivity index (χ3n) is 2.86. The van der Waals surface area contributed by atoms with E-state index in [2.05, 4.69) is 5.32 Å². The highest BCUT2D eigenvalue weighted by atomic mass is 32.1. The SMILES string of the molecule is CN(C)Cc1cc(CNC(=O)c2cc(O)cs2)ccc1F. The first-order valence-corrected chi connectivity index (χ1v) is 7.31. The minimum absolute atomic E-state index is 0.0835. The Morgan fingerprint density at radius 1 is 1.38 bits per heavy atom. The minimum atomic E-state index is -0.251. The third kappa shape index (κ3) is 4.27. The van der Waals surface area contributed by atoms with E-state index in [1.54, 1.807) is 12.1 Å². The van der Waals surface area contributed by atoms with Gasteiger partial charge in [-0.1, -0.05) is 6.07 Å². The van der Waals surface area contributed by atoms with E-state index in [1.807, 2.05) is 19.0 Å². The Labute approximate surface area is 126 Å². The van der Waals surface area contributed by atoms with Crippen molar-refractivity contribution in [2.75, 3.05) is 14.1 Å². The van der Waals surface area contributed by atoms with Crippen LogP contribution in [0.3, 0.4) is 0 Å². The van der Waals surface area contributed by atoms with Gasteiger partial charge in [0.2, 0.25) is 0 Å². The number of thiophene rings is 1. The number of rotatable bonds is 5. The molecule has 2 aromatic rings. The summed E-state index contributed by atoms with van der Waals surface area (Å²) in [6, 6.07) is 6.24. The van der Waals surface area contributed by atoms with Crippen LogP contribution < -0.4 is 5.32 Å². The van der Waals surface area contributed by atoms with Gasteiger partial charge in [-0.2, -0.15) is 0 Å². The van der Waals surface area contributed by atoms with Gasteiger partial charge >= 0.3 is 0 Å². The van der Waals surface area contributed by atoms with Crippen molar-refractivity contribution in [2.24, 2.45) is 0 Å². The summed E-state index contributed by atoms with van der Waals surface area (Å²) in [6.45, 7) is 0.824. The van der Waals surface area contributed by atoms with E-state index in [4.69, 9.17) is 0 Å². The molecule has 0 radical (unpaired) electrons. The van der Waals surface area contributed by atoms with Crippen molar-refractivity contribution in [1.29, 1.82) is 0 Å². The van der Waals surface area contributed by atoms with Gasteiger partial charge < -0.3 is 15.3 Å². The molecule has 0 saturated heterocycles. The normalized spacial score (nSPS) is 10.9. The molecule has 21 heavy (non-hydrogen) atoms. The smallest absolute Gasteiger partial charge is 0.261 e. The second kappa shape index (κ2) is 6.69. The van der Waals surface area contributed by atoms with Crippen LogP contribution in [0.2, 0.25) is 0 Å². The Morgan fingerprint density at radius 2 is 2.14 bits per heavy atom. The lowest BCUT2D eigenvalue weighted by Crippen LogP contribution is -2.22. The second-order valence-corrected chi connectivity index (χ2v) is 5.93. The molecule has 0 atom stereocenters. The molecule has 0 unspecified atom stereocenters. The fourth-order valence-electron chi connectivity index (χ4n) is 1.91. The Hall–Kier alpha value is -1.92. The number of hydrogen-bond acceptors (Lipinski definition) is 4. The molecule has 1 amide bonds. The van der Waals surface area contributed by atoms with Crippen LogP contribution in [0.15, 0.2) is 29.6 Å². The summed E-state index contributed by atoms with van der Waals surface area (Å²) in [7, 11) is 3.74. The van der Waals surface area contributed by atoms with Gasteiger partial charge in [0.1, 0.15) is 11.6 Å². The Morgan fingerprint density at radius 3 is 2.76 bits per heavy atom. The van der Waals surface area contributed by atoms with E-state index in [0.29, 0.717) is 23.5 Å². The highest BCUT2D eigenvalue weighted by molar-refractivity contribution is 7.12. The average Bonchev–Trinajstić information content (AvgIpc) is 2.85. The molecule has 4 nitrogen and oxygen atoms in total. The van der Waals surface area contributed by atoms with Gasteiger partial charge in [-0.05, 0) is 31.8 Å². The first kappa shape index (κ1) is 15.5. The van der Waals surface area contributed by atoms with Crippen LogP contribution in [0.4, 0.5) is 4.39 Å². The Kier molecular flexibility index (Phi) is 4.93. The van der Waals surface area contributed by atoms with Gasteiger partial charge in [0.25, 0.3) is 5.91 Å². The van der Waals surface area contributed by atoms with Crippen molar-refractivity contribution in [3.63, 3.8) is 0 Å². The molecule has 0 bridgehead atoms. The zero-order valence-corrected chi connectivity index (χ0v) is 12.7. The maximum atomic E-state index is 13.7. The van der Waals surface area contributed by atoms with Gasteiger partial charge in [-0.25, -0.2) is 4.39 Å². The van der Waals surface area contributed by atoms with Crippen LogP contribution in [0.25, 0.3) is 0 Å². The molecule has 0 saturated carbocycles. The molecule has 1 aromatic carbocycles. The molecule has 0 aliphatic heterocycles. The number of amides is 1. The van der Waals surface area contributed by atoms with Crippen LogP contribution in [-0.2, 0) is 13.1 Å². The Bertz CT molecular complexity index is 640. The van der Waals surface area contributed by atoms with Crippen molar-refractivity contribution in [2.45, 2.75) is 13.1 Å². The number of hydrogen-bond donors (Lipinski definition) is 2. The first-order chi connectivity index (χ1) is 9.95. The fraction of sp³-hybridized carbons (Fsp3) is 0.267. The lowest BCUT2D eigenvalue weighted by molar-refractivity contribution is 0.0954. The molecular weight excluding hydrogens is 291 g/mol. The van der Waals surface area contributed by atoms with Gasteiger partial charge in [0.05, 0.1) is 4.88 Å². The quantitative estimate of drug-likeness (QED) is 0.892. The third-order valence-corrected chi connectivity index (χ3v) is 3.78. The summed E-state index contributed by atoms with van der Waals surface area (Å²) in [4.78, 5) is 14.2. The molecule has 1 aromatic heterocycles. The van der Waals surface area contributed by atoms with Crippen LogP contribution in [-0.4, -0.2) is 30.0 Å². The maximum absolute atomic E-state index is 13.7. The number of nitrogens with zero attached hydrogens (tertiary/aromatic N) is 1. The van der Waals surface area contributed by atoms with Crippen LogP contribution >= 0.6 is 11.3 Å². The zero-order chi connectivity index (χ0) is 15.4. The second-order valence-electron chi connectivity index (χ2n) is 5.02. The first-order valence-electron chi connectivity index (χ1n) is 6.43. The Balaban J connectivity index is 2.01. The molecule has 0 aliphatic carbocycles. The van der Waals surface area contributed by atoms with Gasteiger partial charge in [0.15, 0.2) is 0 Å². The summed E-state index contributed by atoms with van der Waals surface area (Å²) in [5, 5.41) is 13.5. The summed E-state index contributed by atoms with van der Waals surface area (Å²) in [6.07, 6.45) is 0. The fourth-order valence-corrected chi connectivity index (χ4v) is 2.60. The highest BCUT2D eigenvalue weighted by Crippen LogP contribution is 2.19. The van der Waals surface area contributed by atoms with E-state index in [-0.39, 0.29) is 17.5 Å². The number of nitrogens with one attached hydrogen (secondary N) is 1. The monoisotopic (exact) mass is 308 g/mol.